The number of hydrogen-bond donors (Lipinski definition) is 1. The van der Waals surface area contributed by atoms with Crippen LogP contribution in [0, 0.1) is 25.6 Å². The molecule has 3 heterocycles. The number of benzene rings is 2. The average molecular weight is 477 g/mol. The highest BCUT2D eigenvalue weighted by Crippen LogP contribution is 2.27. The average Bonchev–Trinajstić information content (AvgIpc) is 3.31. The lowest BCUT2D eigenvalue weighted by Crippen LogP contribution is -2.43. The zero-order chi connectivity index (χ0) is 23.8. The van der Waals surface area contributed by atoms with E-state index >= 15 is 0 Å². The molecule has 8 heteroatoms. The molecule has 1 fully saturated rings. The molecule has 2 aromatic heterocycles. The lowest BCUT2D eigenvalue weighted by molar-refractivity contribution is -0.120. The predicted octanol–water partition coefficient (Wildman–Crippen LogP) is 5.06. The first-order valence-electron chi connectivity index (χ1n) is 11.3. The normalized spacial score (nSPS) is 16.1. The molecule has 174 valence electrons. The van der Waals surface area contributed by atoms with Gasteiger partial charge in [-0.15, -0.1) is 11.3 Å². The number of fused-ring (bicyclic) bond motifs is 1. The molecule has 1 atom stereocenters. The molecule has 34 heavy (non-hydrogen) atoms. The molecule has 0 bridgehead atoms. The van der Waals surface area contributed by atoms with E-state index in [2.05, 4.69) is 5.32 Å². The Balaban J connectivity index is 1.47. The van der Waals surface area contributed by atoms with Crippen LogP contribution in [0.15, 0.2) is 58.7 Å². The Morgan fingerprint density at radius 3 is 2.71 bits per heavy atom. The largest absolute Gasteiger partial charge is 0.341 e. The van der Waals surface area contributed by atoms with Gasteiger partial charge in [-0.05, 0) is 68.0 Å². The number of aryl methyl sites for hydroxylation is 2. The van der Waals surface area contributed by atoms with E-state index in [1.54, 1.807) is 23.6 Å². The van der Waals surface area contributed by atoms with E-state index in [9.17, 15) is 14.0 Å². The van der Waals surface area contributed by atoms with E-state index in [0.717, 1.165) is 17.7 Å². The molecule has 0 saturated carbocycles. The van der Waals surface area contributed by atoms with Gasteiger partial charge in [0.25, 0.3) is 5.56 Å². The maximum absolute atomic E-state index is 13.9. The van der Waals surface area contributed by atoms with Crippen LogP contribution < -0.4 is 15.8 Å². The molecule has 1 saturated heterocycles. The van der Waals surface area contributed by atoms with Crippen molar-refractivity contribution in [2.75, 3.05) is 23.3 Å². The fourth-order valence-electron chi connectivity index (χ4n) is 4.33. The first-order chi connectivity index (χ1) is 16.4. The first-order valence-corrected chi connectivity index (χ1v) is 12.2. The molecule has 1 amide bonds. The summed E-state index contributed by atoms with van der Waals surface area (Å²) < 4.78 is 16.2. The standard InChI is InChI=1S/C26H25FN4O2S/c1-16-5-9-20(10-6-16)31-25(33)23-22(11-13-34-23)29-26(31)30-12-3-4-18(15-30)24(32)28-19-8-7-17(2)21(27)14-19/h5-11,13-14,18H,3-4,12,15H2,1-2H3,(H,28,32)/t18-/m0/s1. The van der Waals surface area contributed by atoms with Crippen molar-refractivity contribution >= 4 is 39.1 Å². The van der Waals surface area contributed by atoms with Gasteiger partial charge in [-0.2, -0.15) is 0 Å². The lowest BCUT2D eigenvalue weighted by atomic mass is 9.97. The Kier molecular flexibility index (Phi) is 5.91. The molecule has 2 aromatic carbocycles. The first kappa shape index (κ1) is 22.3. The van der Waals surface area contributed by atoms with Crippen molar-refractivity contribution in [2.24, 2.45) is 5.92 Å². The third-order valence-electron chi connectivity index (χ3n) is 6.27. The summed E-state index contributed by atoms with van der Waals surface area (Å²) in [6.07, 6.45) is 1.50. The van der Waals surface area contributed by atoms with Crippen LogP contribution in [-0.2, 0) is 4.79 Å². The Bertz CT molecular complexity index is 1430. The van der Waals surface area contributed by atoms with E-state index in [4.69, 9.17) is 4.98 Å². The van der Waals surface area contributed by atoms with E-state index in [1.807, 2.05) is 47.5 Å². The molecule has 1 aliphatic rings. The van der Waals surface area contributed by atoms with Crippen molar-refractivity contribution in [3.63, 3.8) is 0 Å². The Labute approximate surface area is 200 Å². The summed E-state index contributed by atoms with van der Waals surface area (Å²) in [4.78, 5) is 33.3. The molecule has 0 radical (unpaired) electrons. The van der Waals surface area contributed by atoms with Crippen molar-refractivity contribution < 1.29 is 9.18 Å². The number of amides is 1. The molecule has 0 aliphatic carbocycles. The van der Waals surface area contributed by atoms with E-state index in [1.165, 1.54) is 17.4 Å². The smallest absolute Gasteiger partial charge is 0.277 e. The fourth-order valence-corrected chi connectivity index (χ4v) is 5.09. The number of piperidine rings is 1. The minimum atomic E-state index is -0.349. The number of thiophene rings is 1. The van der Waals surface area contributed by atoms with Gasteiger partial charge < -0.3 is 10.2 Å². The zero-order valence-corrected chi connectivity index (χ0v) is 19.9. The zero-order valence-electron chi connectivity index (χ0n) is 19.0. The van der Waals surface area contributed by atoms with Gasteiger partial charge in [0.05, 0.1) is 17.1 Å². The Morgan fingerprint density at radius 2 is 1.94 bits per heavy atom. The number of carbonyl (C=O) groups excluding carboxylic acids is 1. The fraction of sp³-hybridized carbons (Fsp3) is 0.269. The maximum atomic E-state index is 13.9. The summed E-state index contributed by atoms with van der Waals surface area (Å²) in [5, 5.41) is 4.72. The van der Waals surface area contributed by atoms with Crippen molar-refractivity contribution in [2.45, 2.75) is 26.7 Å². The minimum Gasteiger partial charge on any atom is -0.341 e. The molecule has 0 spiro atoms. The van der Waals surface area contributed by atoms with Gasteiger partial charge in [-0.3, -0.25) is 9.59 Å². The van der Waals surface area contributed by atoms with Crippen LogP contribution in [0.4, 0.5) is 16.0 Å². The van der Waals surface area contributed by atoms with Gasteiger partial charge in [0.15, 0.2) is 0 Å². The number of rotatable bonds is 4. The van der Waals surface area contributed by atoms with Gasteiger partial charge in [-0.1, -0.05) is 23.8 Å². The Hall–Kier alpha value is -3.52. The maximum Gasteiger partial charge on any atom is 0.277 e. The summed E-state index contributed by atoms with van der Waals surface area (Å²) in [5.74, 6) is -0.273. The van der Waals surface area contributed by atoms with Crippen molar-refractivity contribution in [3.05, 3.63) is 81.2 Å². The van der Waals surface area contributed by atoms with E-state index in [-0.39, 0.29) is 23.2 Å². The molecule has 5 rings (SSSR count). The number of halogens is 1. The van der Waals surface area contributed by atoms with Crippen molar-refractivity contribution in [1.82, 2.24) is 9.55 Å². The second-order valence-electron chi connectivity index (χ2n) is 8.76. The highest BCUT2D eigenvalue weighted by Gasteiger charge is 2.29. The summed E-state index contributed by atoms with van der Waals surface area (Å²) in [6, 6.07) is 14.3. The third-order valence-corrected chi connectivity index (χ3v) is 7.16. The van der Waals surface area contributed by atoms with Gasteiger partial charge in [0, 0.05) is 18.8 Å². The molecular formula is C26H25FN4O2S. The predicted molar refractivity (Wildman–Crippen MR) is 135 cm³/mol. The summed E-state index contributed by atoms with van der Waals surface area (Å²) in [7, 11) is 0. The topological polar surface area (TPSA) is 67.2 Å². The van der Waals surface area contributed by atoms with Gasteiger partial charge >= 0.3 is 0 Å². The van der Waals surface area contributed by atoms with Crippen LogP contribution in [0.1, 0.15) is 24.0 Å². The number of nitrogens with zero attached hydrogens (tertiary/aromatic N) is 3. The molecule has 1 aliphatic heterocycles. The SMILES string of the molecule is Cc1ccc(-n2c(N3CCC[C@H](C(=O)Nc4ccc(C)c(F)c4)C3)nc3ccsc3c2=O)cc1. The summed E-state index contributed by atoms with van der Waals surface area (Å²) >= 11 is 1.38. The van der Waals surface area contributed by atoms with Gasteiger partial charge in [0.2, 0.25) is 11.9 Å². The van der Waals surface area contributed by atoms with Crippen LogP contribution in [0.3, 0.4) is 0 Å². The van der Waals surface area contributed by atoms with Crippen LogP contribution in [0.25, 0.3) is 15.9 Å². The monoisotopic (exact) mass is 476 g/mol. The second kappa shape index (κ2) is 9.02. The molecular weight excluding hydrogens is 451 g/mol. The van der Waals surface area contributed by atoms with Crippen LogP contribution >= 0.6 is 11.3 Å². The molecule has 1 N–H and O–H groups in total. The number of nitrogens with one attached hydrogen (secondary N) is 1. The molecule has 0 unspecified atom stereocenters. The van der Waals surface area contributed by atoms with Crippen molar-refractivity contribution in [3.8, 4) is 5.69 Å². The number of carbonyl (C=O) groups is 1. The second-order valence-corrected chi connectivity index (χ2v) is 9.68. The number of anilines is 2. The highest BCUT2D eigenvalue weighted by molar-refractivity contribution is 7.17. The number of aromatic nitrogens is 2. The summed E-state index contributed by atoms with van der Waals surface area (Å²) in [6.45, 7) is 4.80. The summed E-state index contributed by atoms with van der Waals surface area (Å²) in [5.41, 5.74) is 3.38. The van der Waals surface area contributed by atoms with Gasteiger partial charge in [-0.25, -0.2) is 13.9 Å². The lowest BCUT2D eigenvalue weighted by Gasteiger charge is -2.34. The molecule has 4 aromatic rings. The van der Waals surface area contributed by atoms with E-state index < -0.39 is 0 Å². The van der Waals surface area contributed by atoms with Crippen LogP contribution in [0.5, 0.6) is 0 Å². The van der Waals surface area contributed by atoms with Crippen LogP contribution in [-0.4, -0.2) is 28.5 Å². The Morgan fingerprint density at radius 1 is 1.15 bits per heavy atom. The minimum absolute atomic E-state index is 0.111. The van der Waals surface area contributed by atoms with Crippen LogP contribution in [0.2, 0.25) is 0 Å². The quantitative estimate of drug-likeness (QED) is 0.447. The van der Waals surface area contributed by atoms with Gasteiger partial charge in [0.1, 0.15) is 10.5 Å². The molecule has 6 nitrogen and oxygen atoms in total. The van der Waals surface area contributed by atoms with Crippen molar-refractivity contribution in [1.29, 1.82) is 0 Å². The van der Waals surface area contributed by atoms with E-state index in [0.29, 0.717) is 46.9 Å². The third kappa shape index (κ3) is 4.21. The highest BCUT2D eigenvalue weighted by atomic mass is 32.1. The number of hydrogen-bond acceptors (Lipinski definition) is 5.